The highest BCUT2D eigenvalue weighted by molar-refractivity contribution is 6.34. The summed E-state index contributed by atoms with van der Waals surface area (Å²) in [5.41, 5.74) is 9.01. The molecule has 1 aromatic heterocycles. The molecule has 110 valence electrons. The molecular formula is C16H18ClN3O. The lowest BCUT2D eigenvalue weighted by atomic mass is 10.0. The number of hydrogen-bond acceptors (Lipinski definition) is 3. The molecule has 21 heavy (non-hydrogen) atoms. The molecule has 0 atom stereocenters. The maximum atomic E-state index is 12.4. The molecular weight excluding hydrogens is 286 g/mol. The van der Waals surface area contributed by atoms with Gasteiger partial charge in [0, 0.05) is 11.9 Å². The number of carbonyl (C=O) groups is 1. The lowest BCUT2D eigenvalue weighted by Gasteiger charge is -2.15. The van der Waals surface area contributed by atoms with Crippen LogP contribution in [0.5, 0.6) is 0 Å². The fourth-order valence-electron chi connectivity index (χ4n) is 2.21. The van der Waals surface area contributed by atoms with E-state index < -0.39 is 0 Å². The first-order valence-electron chi connectivity index (χ1n) is 6.89. The van der Waals surface area contributed by atoms with Crippen molar-refractivity contribution in [2.45, 2.75) is 26.7 Å². The first kappa shape index (κ1) is 15.3. The maximum absolute atomic E-state index is 12.4. The molecule has 4 nitrogen and oxygen atoms in total. The second-order valence-corrected chi connectivity index (χ2v) is 5.11. The van der Waals surface area contributed by atoms with Gasteiger partial charge in [0.2, 0.25) is 0 Å². The van der Waals surface area contributed by atoms with Gasteiger partial charge in [0.15, 0.2) is 0 Å². The third-order valence-corrected chi connectivity index (χ3v) is 3.66. The minimum Gasteiger partial charge on any atom is -0.384 e. The summed E-state index contributed by atoms with van der Waals surface area (Å²) in [6.07, 6.45) is 3.07. The van der Waals surface area contributed by atoms with E-state index in [0.717, 1.165) is 29.7 Å². The van der Waals surface area contributed by atoms with Crippen LogP contribution in [0, 0.1) is 0 Å². The van der Waals surface area contributed by atoms with Gasteiger partial charge in [0.1, 0.15) is 5.82 Å². The molecule has 0 bridgehead atoms. The molecule has 0 saturated heterocycles. The molecule has 3 N–H and O–H groups in total. The van der Waals surface area contributed by atoms with Crippen molar-refractivity contribution in [2.24, 2.45) is 0 Å². The fraction of sp³-hybridized carbons (Fsp3) is 0.250. The van der Waals surface area contributed by atoms with Gasteiger partial charge in [-0.15, -0.1) is 0 Å². The van der Waals surface area contributed by atoms with Gasteiger partial charge >= 0.3 is 0 Å². The normalized spacial score (nSPS) is 10.4. The van der Waals surface area contributed by atoms with Crippen LogP contribution < -0.4 is 11.1 Å². The molecule has 0 saturated carbocycles. The second-order valence-electron chi connectivity index (χ2n) is 4.70. The smallest absolute Gasteiger partial charge is 0.257 e. The monoisotopic (exact) mass is 303 g/mol. The molecule has 2 rings (SSSR count). The summed E-state index contributed by atoms with van der Waals surface area (Å²) in [7, 11) is 0. The van der Waals surface area contributed by atoms with E-state index in [-0.39, 0.29) is 16.7 Å². The number of nitrogens with zero attached hydrogens (tertiary/aromatic N) is 1. The Morgan fingerprint density at radius 3 is 2.48 bits per heavy atom. The van der Waals surface area contributed by atoms with E-state index in [4.69, 9.17) is 17.3 Å². The van der Waals surface area contributed by atoms with Crippen LogP contribution in [-0.4, -0.2) is 10.9 Å². The highest BCUT2D eigenvalue weighted by Gasteiger charge is 2.15. The van der Waals surface area contributed by atoms with E-state index in [2.05, 4.69) is 24.1 Å². The van der Waals surface area contributed by atoms with Gasteiger partial charge in [0.05, 0.1) is 10.6 Å². The van der Waals surface area contributed by atoms with E-state index >= 15 is 0 Å². The Morgan fingerprint density at radius 1 is 1.29 bits per heavy atom. The first-order valence-corrected chi connectivity index (χ1v) is 7.27. The van der Waals surface area contributed by atoms with E-state index in [1.54, 1.807) is 0 Å². The topological polar surface area (TPSA) is 68.0 Å². The van der Waals surface area contributed by atoms with Crippen molar-refractivity contribution in [3.05, 3.63) is 52.2 Å². The van der Waals surface area contributed by atoms with Crippen molar-refractivity contribution in [1.82, 2.24) is 4.98 Å². The lowest BCUT2D eigenvalue weighted by molar-refractivity contribution is 0.102. The van der Waals surface area contributed by atoms with E-state index in [0.29, 0.717) is 5.56 Å². The van der Waals surface area contributed by atoms with Crippen molar-refractivity contribution in [1.29, 1.82) is 0 Å². The number of hydrogen-bond donors (Lipinski definition) is 2. The largest absolute Gasteiger partial charge is 0.384 e. The van der Waals surface area contributed by atoms with Gasteiger partial charge in [-0.05, 0) is 30.0 Å². The number of aryl methyl sites for hydroxylation is 2. The number of halogens is 1. The minimum atomic E-state index is -0.273. The molecule has 0 aliphatic heterocycles. The molecule has 1 heterocycles. The number of pyridine rings is 1. The summed E-state index contributed by atoms with van der Waals surface area (Å²) in [6, 6.07) is 7.51. The van der Waals surface area contributed by atoms with Crippen LogP contribution in [0.4, 0.5) is 11.5 Å². The van der Waals surface area contributed by atoms with Gasteiger partial charge in [-0.1, -0.05) is 43.6 Å². The highest BCUT2D eigenvalue weighted by Crippen LogP contribution is 2.25. The minimum absolute atomic E-state index is 0.268. The Morgan fingerprint density at radius 2 is 1.90 bits per heavy atom. The molecule has 0 fully saturated rings. The average Bonchev–Trinajstić information content (AvgIpc) is 2.49. The van der Waals surface area contributed by atoms with Crippen molar-refractivity contribution >= 4 is 29.0 Å². The number of nitrogens with two attached hydrogens (primary N) is 1. The number of benzene rings is 1. The Labute approximate surface area is 129 Å². The molecule has 0 aliphatic rings. The SMILES string of the molecule is CCc1cccc(CC)c1NC(=O)c1cc(N)ncc1Cl. The van der Waals surface area contributed by atoms with Crippen molar-refractivity contribution < 1.29 is 4.79 Å². The van der Waals surface area contributed by atoms with E-state index in [1.807, 2.05) is 18.2 Å². The number of nitrogens with one attached hydrogen (secondary N) is 1. The summed E-state index contributed by atoms with van der Waals surface area (Å²) in [5, 5.41) is 3.24. The zero-order valence-electron chi connectivity index (χ0n) is 12.1. The Hall–Kier alpha value is -2.07. The standard InChI is InChI=1S/C16H18ClN3O/c1-3-10-6-5-7-11(4-2)15(10)20-16(21)12-8-14(18)19-9-13(12)17/h5-9H,3-4H2,1-2H3,(H2,18,19)(H,20,21). The van der Waals surface area contributed by atoms with Crippen molar-refractivity contribution in [3.63, 3.8) is 0 Å². The molecule has 5 heteroatoms. The van der Waals surface area contributed by atoms with Gasteiger partial charge in [-0.2, -0.15) is 0 Å². The Bertz CT molecular complexity index is 648. The highest BCUT2D eigenvalue weighted by atomic mass is 35.5. The predicted molar refractivity (Wildman–Crippen MR) is 86.8 cm³/mol. The number of para-hydroxylation sites is 1. The fourth-order valence-corrected chi connectivity index (χ4v) is 2.40. The van der Waals surface area contributed by atoms with Gasteiger partial charge in [-0.3, -0.25) is 4.79 Å². The van der Waals surface area contributed by atoms with Crippen LogP contribution in [0.3, 0.4) is 0 Å². The Balaban J connectivity index is 2.38. The zero-order valence-corrected chi connectivity index (χ0v) is 12.9. The van der Waals surface area contributed by atoms with Crippen molar-refractivity contribution in [2.75, 3.05) is 11.1 Å². The number of anilines is 2. The second kappa shape index (κ2) is 6.59. The number of aromatic nitrogens is 1. The average molecular weight is 304 g/mol. The number of rotatable bonds is 4. The summed E-state index contributed by atoms with van der Waals surface area (Å²) in [6.45, 7) is 4.11. The molecule has 1 amide bonds. The van der Waals surface area contributed by atoms with Crippen LogP contribution in [-0.2, 0) is 12.8 Å². The maximum Gasteiger partial charge on any atom is 0.257 e. The summed E-state index contributed by atoms with van der Waals surface area (Å²) in [4.78, 5) is 16.3. The molecule has 0 spiro atoms. The third-order valence-electron chi connectivity index (χ3n) is 3.36. The number of nitrogen functional groups attached to an aromatic ring is 1. The molecule has 0 radical (unpaired) electrons. The molecule has 1 aromatic carbocycles. The van der Waals surface area contributed by atoms with E-state index in [9.17, 15) is 4.79 Å². The van der Waals surface area contributed by atoms with Gasteiger partial charge in [-0.25, -0.2) is 4.98 Å². The lowest BCUT2D eigenvalue weighted by Crippen LogP contribution is -2.16. The van der Waals surface area contributed by atoms with Crippen LogP contribution in [0.25, 0.3) is 0 Å². The van der Waals surface area contributed by atoms with Crippen LogP contribution in [0.15, 0.2) is 30.5 Å². The zero-order chi connectivity index (χ0) is 15.4. The molecule has 0 aliphatic carbocycles. The summed E-state index contributed by atoms with van der Waals surface area (Å²) >= 11 is 6.03. The Kier molecular flexibility index (Phi) is 4.81. The van der Waals surface area contributed by atoms with Crippen LogP contribution in [0.2, 0.25) is 5.02 Å². The quantitative estimate of drug-likeness (QED) is 0.905. The summed E-state index contributed by atoms with van der Waals surface area (Å²) < 4.78 is 0. The number of amides is 1. The van der Waals surface area contributed by atoms with E-state index in [1.165, 1.54) is 12.3 Å². The van der Waals surface area contributed by atoms with Crippen LogP contribution in [0.1, 0.15) is 35.3 Å². The van der Waals surface area contributed by atoms with Gasteiger partial charge in [0.25, 0.3) is 5.91 Å². The molecule has 2 aromatic rings. The third kappa shape index (κ3) is 3.34. The van der Waals surface area contributed by atoms with Crippen LogP contribution >= 0.6 is 11.6 Å². The van der Waals surface area contributed by atoms with Crippen molar-refractivity contribution in [3.8, 4) is 0 Å². The van der Waals surface area contributed by atoms with Gasteiger partial charge < -0.3 is 11.1 Å². The molecule has 0 unspecified atom stereocenters. The number of carbonyl (C=O) groups excluding carboxylic acids is 1. The first-order chi connectivity index (χ1) is 10.1. The predicted octanol–water partition coefficient (Wildman–Crippen LogP) is 3.69. The summed E-state index contributed by atoms with van der Waals surface area (Å²) in [5.74, 6) is -0.00579.